The van der Waals surface area contributed by atoms with E-state index in [1.165, 1.54) is 0 Å². The van der Waals surface area contributed by atoms with Crippen LogP contribution >= 0.6 is 11.6 Å². The van der Waals surface area contributed by atoms with Crippen molar-refractivity contribution in [1.82, 2.24) is 0 Å². The van der Waals surface area contributed by atoms with E-state index in [1.807, 2.05) is 0 Å². The first-order valence-corrected chi connectivity index (χ1v) is 3.44. The van der Waals surface area contributed by atoms with Crippen LogP contribution in [0, 0.1) is 5.92 Å². The van der Waals surface area contributed by atoms with E-state index in [4.69, 9.17) is 17.3 Å². The summed E-state index contributed by atoms with van der Waals surface area (Å²) in [6.45, 7) is 4.88. The van der Waals surface area contributed by atoms with Gasteiger partial charge in [0.15, 0.2) is 0 Å². The molecule has 0 aromatic carbocycles. The fourth-order valence-electron chi connectivity index (χ4n) is 0.608. The summed E-state index contributed by atoms with van der Waals surface area (Å²) in [4.78, 5) is 0. The number of hydrogen-bond acceptors (Lipinski definition) is 1. The van der Waals surface area contributed by atoms with E-state index in [0.717, 1.165) is 6.42 Å². The van der Waals surface area contributed by atoms with Gasteiger partial charge in [-0.3, -0.25) is 0 Å². The predicted molar refractivity (Wildman–Crippen MR) is 38.2 cm³/mol. The number of halogens is 1. The summed E-state index contributed by atoms with van der Waals surface area (Å²) in [5, 5.41) is 0.176. The highest BCUT2D eigenvalue weighted by atomic mass is 35.5. The Labute approximate surface area is 56.2 Å². The molecule has 0 spiro atoms. The number of nitrogens with two attached hydrogens (primary N) is 1. The molecule has 50 valence electrons. The van der Waals surface area contributed by atoms with Gasteiger partial charge in [-0.25, -0.2) is 0 Å². The third kappa shape index (κ3) is 4.41. The molecule has 1 nitrogen and oxygen atoms in total. The lowest BCUT2D eigenvalue weighted by atomic mass is 10.1. The zero-order valence-corrected chi connectivity index (χ0v) is 6.28. The maximum Gasteiger partial charge on any atom is 0.0460 e. The molecule has 2 heteroatoms. The number of hydrogen-bond donors (Lipinski definition) is 1. The van der Waals surface area contributed by atoms with Crippen LogP contribution in [0.2, 0.25) is 0 Å². The molecular weight excluding hydrogens is 122 g/mol. The van der Waals surface area contributed by atoms with Crippen LogP contribution in [0.3, 0.4) is 0 Å². The van der Waals surface area contributed by atoms with E-state index in [2.05, 4.69) is 13.8 Å². The first kappa shape index (κ1) is 8.25. The highest BCUT2D eigenvalue weighted by Gasteiger charge is 2.02. The molecule has 0 aliphatic heterocycles. The Morgan fingerprint density at radius 2 is 2.00 bits per heavy atom. The number of alkyl halides is 1. The smallest absolute Gasteiger partial charge is 0.0460 e. The zero-order chi connectivity index (χ0) is 6.57. The topological polar surface area (TPSA) is 26.0 Å². The Hall–Kier alpha value is 0.250. The van der Waals surface area contributed by atoms with E-state index >= 15 is 0 Å². The minimum atomic E-state index is 0.176. The van der Waals surface area contributed by atoms with E-state index in [1.54, 1.807) is 0 Å². The molecule has 2 N–H and O–H groups in total. The molecule has 1 unspecified atom stereocenters. The SMILES string of the molecule is CC(C)CC(Cl)CN. The summed E-state index contributed by atoms with van der Waals surface area (Å²) in [5.74, 6) is 0.668. The molecule has 0 heterocycles. The minimum absolute atomic E-state index is 0.176. The first-order valence-electron chi connectivity index (χ1n) is 3.01. The largest absolute Gasteiger partial charge is 0.329 e. The molecule has 0 fully saturated rings. The Morgan fingerprint density at radius 1 is 1.50 bits per heavy atom. The standard InChI is InChI=1S/C6H14ClN/c1-5(2)3-6(7)4-8/h5-6H,3-4,8H2,1-2H3. The fourth-order valence-corrected chi connectivity index (χ4v) is 0.964. The highest BCUT2D eigenvalue weighted by Crippen LogP contribution is 2.08. The van der Waals surface area contributed by atoms with E-state index in [-0.39, 0.29) is 5.38 Å². The van der Waals surface area contributed by atoms with Gasteiger partial charge in [-0.15, -0.1) is 11.6 Å². The molecule has 1 atom stereocenters. The Bertz CT molecular complexity index is 54.5. The first-order chi connectivity index (χ1) is 3.66. The summed E-state index contributed by atoms with van der Waals surface area (Å²) in [6, 6.07) is 0. The molecule has 0 aromatic heterocycles. The van der Waals surface area contributed by atoms with Crippen molar-refractivity contribution >= 4 is 11.6 Å². The van der Waals surface area contributed by atoms with Crippen LogP contribution in [0.25, 0.3) is 0 Å². The Morgan fingerprint density at radius 3 is 2.12 bits per heavy atom. The van der Waals surface area contributed by atoms with Crippen molar-refractivity contribution in [3.8, 4) is 0 Å². The molecule has 0 saturated carbocycles. The van der Waals surface area contributed by atoms with Gasteiger partial charge in [-0.05, 0) is 12.3 Å². The second kappa shape index (κ2) is 4.16. The van der Waals surface area contributed by atoms with E-state index in [9.17, 15) is 0 Å². The molecule has 0 aliphatic rings. The van der Waals surface area contributed by atoms with Gasteiger partial charge < -0.3 is 5.73 Å². The Balaban J connectivity index is 3.10. The third-order valence-electron chi connectivity index (χ3n) is 0.983. The van der Waals surface area contributed by atoms with Gasteiger partial charge in [0.1, 0.15) is 0 Å². The lowest BCUT2D eigenvalue weighted by molar-refractivity contribution is 0.567. The monoisotopic (exact) mass is 135 g/mol. The van der Waals surface area contributed by atoms with E-state index in [0.29, 0.717) is 12.5 Å². The molecule has 0 rings (SSSR count). The van der Waals surface area contributed by atoms with Gasteiger partial charge in [0.25, 0.3) is 0 Å². The van der Waals surface area contributed by atoms with Crippen molar-refractivity contribution in [2.75, 3.05) is 6.54 Å². The summed E-state index contributed by atoms with van der Waals surface area (Å²) in [5.41, 5.74) is 5.29. The normalized spacial score (nSPS) is 14.6. The number of rotatable bonds is 3. The summed E-state index contributed by atoms with van der Waals surface area (Å²) < 4.78 is 0. The highest BCUT2D eigenvalue weighted by molar-refractivity contribution is 6.20. The van der Waals surface area contributed by atoms with Gasteiger partial charge in [0.2, 0.25) is 0 Å². The minimum Gasteiger partial charge on any atom is -0.329 e. The molecule has 0 radical (unpaired) electrons. The maximum atomic E-state index is 5.74. The van der Waals surface area contributed by atoms with Gasteiger partial charge in [0, 0.05) is 11.9 Å². The fraction of sp³-hybridized carbons (Fsp3) is 1.00. The zero-order valence-electron chi connectivity index (χ0n) is 5.52. The molecule has 8 heavy (non-hydrogen) atoms. The van der Waals surface area contributed by atoms with Gasteiger partial charge in [0.05, 0.1) is 0 Å². The van der Waals surface area contributed by atoms with Crippen LogP contribution < -0.4 is 5.73 Å². The molecule has 0 bridgehead atoms. The van der Waals surface area contributed by atoms with Crippen molar-refractivity contribution in [1.29, 1.82) is 0 Å². The summed E-state index contributed by atoms with van der Waals surface area (Å²) in [6.07, 6.45) is 1.03. The second-order valence-corrected chi connectivity index (χ2v) is 3.08. The molecule has 0 aromatic rings. The van der Waals surface area contributed by atoms with Crippen molar-refractivity contribution in [2.45, 2.75) is 25.6 Å². The van der Waals surface area contributed by atoms with Crippen LogP contribution in [0.4, 0.5) is 0 Å². The van der Waals surface area contributed by atoms with Crippen molar-refractivity contribution in [3.05, 3.63) is 0 Å². The van der Waals surface area contributed by atoms with Crippen LogP contribution in [0.5, 0.6) is 0 Å². The lowest BCUT2D eigenvalue weighted by Crippen LogP contribution is -2.15. The van der Waals surface area contributed by atoms with Crippen molar-refractivity contribution in [3.63, 3.8) is 0 Å². The Kier molecular flexibility index (Phi) is 4.29. The average Bonchev–Trinajstić information content (AvgIpc) is 1.65. The van der Waals surface area contributed by atoms with Crippen LogP contribution in [0.15, 0.2) is 0 Å². The second-order valence-electron chi connectivity index (χ2n) is 2.46. The van der Waals surface area contributed by atoms with Crippen LogP contribution in [-0.2, 0) is 0 Å². The van der Waals surface area contributed by atoms with E-state index < -0.39 is 0 Å². The molecule has 0 aliphatic carbocycles. The van der Waals surface area contributed by atoms with Gasteiger partial charge in [-0.1, -0.05) is 13.8 Å². The van der Waals surface area contributed by atoms with Gasteiger partial charge >= 0.3 is 0 Å². The van der Waals surface area contributed by atoms with Crippen LogP contribution in [0.1, 0.15) is 20.3 Å². The average molecular weight is 136 g/mol. The maximum absolute atomic E-state index is 5.74. The third-order valence-corrected chi connectivity index (χ3v) is 1.34. The summed E-state index contributed by atoms with van der Waals surface area (Å²) in [7, 11) is 0. The predicted octanol–water partition coefficient (Wildman–Crippen LogP) is 1.60. The molecule has 0 saturated heterocycles. The lowest BCUT2D eigenvalue weighted by Gasteiger charge is -2.07. The molecular formula is C6H14ClN. The van der Waals surface area contributed by atoms with Crippen molar-refractivity contribution in [2.24, 2.45) is 11.7 Å². The quantitative estimate of drug-likeness (QED) is 0.585. The van der Waals surface area contributed by atoms with Crippen LogP contribution in [-0.4, -0.2) is 11.9 Å². The van der Waals surface area contributed by atoms with Crippen molar-refractivity contribution < 1.29 is 0 Å². The summed E-state index contributed by atoms with van der Waals surface area (Å²) >= 11 is 5.74. The van der Waals surface area contributed by atoms with Gasteiger partial charge in [-0.2, -0.15) is 0 Å². The molecule has 0 amide bonds.